The quantitative estimate of drug-likeness (QED) is 0.825. The van der Waals surface area contributed by atoms with Crippen LogP contribution in [0.4, 0.5) is 5.82 Å². The maximum Gasteiger partial charge on any atom is 0.125 e. The predicted octanol–water partition coefficient (Wildman–Crippen LogP) is 3.80. The van der Waals surface area contributed by atoms with Gasteiger partial charge in [0.1, 0.15) is 17.6 Å². The average molecular weight is 302 g/mol. The van der Waals surface area contributed by atoms with Crippen LogP contribution in [0.1, 0.15) is 17.5 Å². The summed E-state index contributed by atoms with van der Waals surface area (Å²) in [5, 5.41) is 12.6. The van der Waals surface area contributed by atoms with Crippen molar-refractivity contribution in [1.82, 2.24) is 4.98 Å². The second kappa shape index (κ2) is 7.51. The number of rotatable bonds is 6. The number of pyridine rings is 1. The lowest BCUT2D eigenvalue weighted by atomic mass is 10.2. The fraction of sp³-hybridized carbons (Fsp3) is 0.250. The first kappa shape index (κ1) is 15.1. The summed E-state index contributed by atoms with van der Waals surface area (Å²) >= 11 is 5.90. The minimum atomic E-state index is 0.557. The molecule has 0 radical (unpaired) electrons. The second-order valence-corrected chi connectivity index (χ2v) is 5.02. The molecule has 21 heavy (non-hydrogen) atoms. The van der Waals surface area contributed by atoms with Crippen LogP contribution in [0.2, 0.25) is 5.02 Å². The Labute approximate surface area is 129 Å². The maximum absolute atomic E-state index is 8.69. The Kier molecular flexibility index (Phi) is 5.42. The third kappa shape index (κ3) is 4.66. The molecule has 2 aromatic rings. The summed E-state index contributed by atoms with van der Waals surface area (Å²) in [4.78, 5) is 4.14. The number of aromatic nitrogens is 1. The molecule has 5 heteroatoms. The van der Waals surface area contributed by atoms with Gasteiger partial charge in [-0.2, -0.15) is 5.26 Å². The average Bonchev–Trinajstić information content (AvgIpc) is 2.49. The van der Waals surface area contributed by atoms with Crippen LogP contribution in [0.25, 0.3) is 0 Å². The SMILES string of the molecule is Cc1cc(Cl)ccc1OCCCNc1ccc(C#N)cn1. The zero-order valence-electron chi connectivity index (χ0n) is 11.8. The lowest BCUT2D eigenvalue weighted by molar-refractivity contribution is 0.313. The standard InChI is InChI=1S/C16H16ClN3O/c1-12-9-14(17)4-5-15(12)21-8-2-7-19-16-6-3-13(10-18)11-20-16/h3-6,9,11H,2,7-8H2,1H3,(H,19,20). The molecule has 0 spiro atoms. The highest BCUT2D eigenvalue weighted by Crippen LogP contribution is 2.21. The van der Waals surface area contributed by atoms with Gasteiger partial charge in [-0.15, -0.1) is 0 Å². The Hall–Kier alpha value is -2.25. The number of halogens is 1. The maximum atomic E-state index is 8.69. The van der Waals surface area contributed by atoms with Crippen molar-refractivity contribution in [3.8, 4) is 11.8 Å². The highest BCUT2D eigenvalue weighted by atomic mass is 35.5. The molecule has 0 saturated heterocycles. The van der Waals surface area contributed by atoms with E-state index in [1.54, 1.807) is 18.3 Å². The Balaban J connectivity index is 1.71. The molecular formula is C16H16ClN3O. The minimum absolute atomic E-state index is 0.557. The molecule has 0 atom stereocenters. The Morgan fingerprint density at radius 1 is 1.33 bits per heavy atom. The number of nitrogens with one attached hydrogen (secondary N) is 1. The van der Waals surface area contributed by atoms with Crippen LogP contribution in [-0.4, -0.2) is 18.1 Å². The molecule has 1 heterocycles. The molecule has 0 fully saturated rings. The van der Waals surface area contributed by atoms with Crippen molar-refractivity contribution in [2.24, 2.45) is 0 Å². The normalized spacial score (nSPS) is 9.95. The zero-order chi connectivity index (χ0) is 15.1. The number of benzene rings is 1. The lowest BCUT2D eigenvalue weighted by Gasteiger charge is -2.10. The van der Waals surface area contributed by atoms with E-state index < -0.39 is 0 Å². The summed E-state index contributed by atoms with van der Waals surface area (Å²) in [6.45, 7) is 3.34. The molecule has 0 aliphatic heterocycles. The van der Waals surface area contributed by atoms with Crippen molar-refractivity contribution in [3.05, 3.63) is 52.7 Å². The molecule has 0 bridgehead atoms. The summed E-state index contributed by atoms with van der Waals surface area (Å²) in [5.41, 5.74) is 1.59. The topological polar surface area (TPSA) is 57.9 Å². The van der Waals surface area contributed by atoms with Crippen LogP contribution in [0.15, 0.2) is 36.5 Å². The summed E-state index contributed by atoms with van der Waals surface area (Å²) in [5.74, 6) is 1.62. The van der Waals surface area contributed by atoms with E-state index in [0.29, 0.717) is 17.2 Å². The van der Waals surface area contributed by atoms with Crippen molar-refractivity contribution >= 4 is 17.4 Å². The van der Waals surface area contributed by atoms with Crippen LogP contribution < -0.4 is 10.1 Å². The molecule has 2 rings (SSSR count). The summed E-state index contributed by atoms with van der Waals surface area (Å²) in [7, 11) is 0. The van der Waals surface area contributed by atoms with Crippen LogP contribution in [-0.2, 0) is 0 Å². The third-order valence-electron chi connectivity index (χ3n) is 2.91. The number of nitriles is 1. The Morgan fingerprint density at radius 3 is 2.86 bits per heavy atom. The molecule has 1 N–H and O–H groups in total. The van der Waals surface area contributed by atoms with Crippen molar-refractivity contribution in [2.45, 2.75) is 13.3 Å². The van der Waals surface area contributed by atoms with Gasteiger partial charge < -0.3 is 10.1 Å². The summed E-state index contributed by atoms with van der Waals surface area (Å²) in [6, 6.07) is 11.2. The fourth-order valence-electron chi connectivity index (χ4n) is 1.81. The number of anilines is 1. The first-order valence-electron chi connectivity index (χ1n) is 6.68. The predicted molar refractivity (Wildman–Crippen MR) is 83.7 cm³/mol. The number of hydrogen-bond donors (Lipinski definition) is 1. The van der Waals surface area contributed by atoms with Gasteiger partial charge in [0, 0.05) is 17.8 Å². The highest BCUT2D eigenvalue weighted by Gasteiger charge is 2.00. The van der Waals surface area contributed by atoms with Crippen LogP contribution >= 0.6 is 11.6 Å². The van der Waals surface area contributed by atoms with E-state index in [-0.39, 0.29) is 0 Å². The zero-order valence-corrected chi connectivity index (χ0v) is 12.5. The lowest BCUT2D eigenvalue weighted by Crippen LogP contribution is -2.08. The first-order valence-corrected chi connectivity index (χ1v) is 7.06. The van der Waals surface area contributed by atoms with Gasteiger partial charge in [0.2, 0.25) is 0 Å². The van der Waals surface area contributed by atoms with Crippen LogP contribution in [0.5, 0.6) is 5.75 Å². The smallest absolute Gasteiger partial charge is 0.125 e. The van der Waals surface area contributed by atoms with Crippen molar-refractivity contribution in [2.75, 3.05) is 18.5 Å². The van der Waals surface area contributed by atoms with E-state index in [1.165, 1.54) is 0 Å². The van der Waals surface area contributed by atoms with E-state index in [0.717, 1.165) is 30.1 Å². The van der Waals surface area contributed by atoms with Gasteiger partial charge in [-0.3, -0.25) is 0 Å². The number of hydrogen-bond acceptors (Lipinski definition) is 4. The monoisotopic (exact) mass is 301 g/mol. The van der Waals surface area contributed by atoms with Gasteiger partial charge in [-0.1, -0.05) is 11.6 Å². The largest absolute Gasteiger partial charge is 0.493 e. The van der Waals surface area contributed by atoms with E-state index in [2.05, 4.69) is 10.3 Å². The molecule has 0 unspecified atom stereocenters. The van der Waals surface area contributed by atoms with Gasteiger partial charge in [0.05, 0.1) is 12.2 Å². The van der Waals surface area contributed by atoms with Gasteiger partial charge in [0.15, 0.2) is 0 Å². The van der Waals surface area contributed by atoms with Gasteiger partial charge in [0.25, 0.3) is 0 Å². The van der Waals surface area contributed by atoms with E-state index in [9.17, 15) is 0 Å². The summed E-state index contributed by atoms with van der Waals surface area (Å²) < 4.78 is 5.70. The molecule has 1 aromatic carbocycles. The molecule has 1 aromatic heterocycles. The number of nitrogens with zero attached hydrogens (tertiary/aromatic N) is 2. The fourth-order valence-corrected chi connectivity index (χ4v) is 2.04. The molecule has 0 aliphatic carbocycles. The van der Waals surface area contributed by atoms with Gasteiger partial charge in [-0.25, -0.2) is 4.98 Å². The second-order valence-electron chi connectivity index (χ2n) is 4.58. The first-order chi connectivity index (χ1) is 10.2. The van der Waals surface area contributed by atoms with Crippen LogP contribution in [0, 0.1) is 18.3 Å². The number of aryl methyl sites for hydroxylation is 1. The van der Waals surface area contributed by atoms with Crippen molar-refractivity contribution in [3.63, 3.8) is 0 Å². The van der Waals surface area contributed by atoms with Gasteiger partial charge in [-0.05, 0) is 49.2 Å². The molecule has 4 nitrogen and oxygen atoms in total. The highest BCUT2D eigenvalue weighted by molar-refractivity contribution is 6.30. The third-order valence-corrected chi connectivity index (χ3v) is 3.15. The molecule has 0 amide bonds. The summed E-state index contributed by atoms with van der Waals surface area (Å²) in [6.07, 6.45) is 2.40. The van der Waals surface area contributed by atoms with Crippen LogP contribution in [0.3, 0.4) is 0 Å². The molecule has 0 saturated carbocycles. The van der Waals surface area contributed by atoms with E-state index in [1.807, 2.05) is 31.2 Å². The minimum Gasteiger partial charge on any atom is -0.493 e. The van der Waals surface area contributed by atoms with Gasteiger partial charge >= 0.3 is 0 Å². The Bertz CT molecular complexity index is 635. The molecular weight excluding hydrogens is 286 g/mol. The number of ether oxygens (including phenoxy) is 1. The van der Waals surface area contributed by atoms with E-state index >= 15 is 0 Å². The van der Waals surface area contributed by atoms with Crippen molar-refractivity contribution < 1.29 is 4.74 Å². The molecule has 0 aliphatic rings. The Morgan fingerprint density at radius 2 is 2.19 bits per heavy atom. The molecule has 108 valence electrons. The van der Waals surface area contributed by atoms with Crippen molar-refractivity contribution in [1.29, 1.82) is 5.26 Å². The van der Waals surface area contributed by atoms with E-state index in [4.69, 9.17) is 21.6 Å².